The molecule has 0 spiro atoms. The lowest BCUT2D eigenvalue weighted by molar-refractivity contribution is -0.134. The summed E-state index contributed by atoms with van der Waals surface area (Å²) in [7, 11) is 0. The quantitative estimate of drug-likeness (QED) is 0.849. The van der Waals surface area contributed by atoms with Crippen molar-refractivity contribution < 1.29 is 4.79 Å². The molecule has 124 valence electrons. The van der Waals surface area contributed by atoms with Crippen LogP contribution >= 0.6 is 11.3 Å². The Morgan fingerprint density at radius 1 is 1.30 bits per heavy atom. The van der Waals surface area contributed by atoms with E-state index in [1.807, 2.05) is 18.7 Å². The van der Waals surface area contributed by atoms with Crippen molar-refractivity contribution in [2.45, 2.75) is 40.7 Å². The van der Waals surface area contributed by atoms with Crippen LogP contribution in [0.1, 0.15) is 30.7 Å². The van der Waals surface area contributed by atoms with Crippen molar-refractivity contribution in [1.29, 1.82) is 0 Å². The first-order valence-corrected chi connectivity index (χ1v) is 8.91. The maximum absolute atomic E-state index is 12.7. The van der Waals surface area contributed by atoms with Gasteiger partial charge in [-0.15, -0.1) is 11.3 Å². The van der Waals surface area contributed by atoms with Gasteiger partial charge in [-0.25, -0.2) is 4.98 Å². The maximum atomic E-state index is 12.7. The zero-order valence-electron chi connectivity index (χ0n) is 14.1. The molecule has 5 nitrogen and oxygen atoms in total. The van der Waals surface area contributed by atoms with Crippen molar-refractivity contribution in [2.24, 2.45) is 11.8 Å². The molecule has 0 bridgehead atoms. The smallest absolute Gasteiger partial charge is 0.262 e. The fourth-order valence-electron chi connectivity index (χ4n) is 3.49. The second-order valence-corrected chi connectivity index (χ2v) is 8.09. The number of aromatic nitrogens is 2. The summed E-state index contributed by atoms with van der Waals surface area (Å²) in [5, 5.41) is 0.656. The molecule has 0 saturated carbocycles. The van der Waals surface area contributed by atoms with Gasteiger partial charge >= 0.3 is 0 Å². The molecule has 2 aromatic rings. The number of carbonyl (C=O) groups is 1. The van der Waals surface area contributed by atoms with E-state index < -0.39 is 0 Å². The molecule has 0 aromatic carbocycles. The molecular formula is C17H23N3O2S. The largest absolute Gasteiger partial charge is 0.341 e. The molecule has 23 heavy (non-hydrogen) atoms. The van der Waals surface area contributed by atoms with Gasteiger partial charge in [0.2, 0.25) is 5.91 Å². The summed E-state index contributed by atoms with van der Waals surface area (Å²) in [5.74, 6) is 1.04. The zero-order valence-corrected chi connectivity index (χ0v) is 14.9. The van der Waals surface area contributed by atoms with Crippen LogP contribution in [0.2, 0.25) is 0 Å². The Balaban J connectivity index is 1.87. The van der Waals surface area contributed by atoms with Crippen molar-refractivity contribution in [1.82, 2.24) is 14.5 Å². The van der Waals surface area contributed by atoms with E-state index in [4.69, 9.17) is 0 Å². The third-order valence-electron chi connectivity index (χ3n) is 4.68. The lowest BCUT2D eigenvalue weighted by atomic mass is 9.92. The van der Waals surface area contributed by atoms with Crippen LogP contribution in [0, 0.1) is 25.7 Å². The van der Waals surface area contributed by atoms with Crippen LogP contribution < -0.4 is 5.56 Å². The van der Waals surface area contributed by atoms with Gasteiger partial charge in [0.15, 0.2) is 0 Å². The minimum atomic E-state index is -0.108. The molecule has 1 fully saturated rings. The Kier molecular flexibility index (Phi) is 4.27. The SMILES string of the molecule is Cc1sc2ncn(CC(=O)N3C[C@H](C)C[C@H](C)C3)c(=O)c2c1C. The van der Waals surface area contributed by atoms with Crippen LogP contribution in [0.3, 0.4) is 0 Å². The molecule has 3 heterocycles. The number of nitrogens with zero attached hydrogens (tertiary/aromatic N) is 3. The van der Waals surface area contributed by atoms with Crippen LogP contribution in [-0.4, -0.2) is 33.4 Å². The lowest BCUT2D eigenvalue weighted by Gasteiger charge is -2.35. The number of fused-ring (bicyclic) bond motifs is 1. The van der Waals surface area contributed by atoms with Gasteiger partial charge in [-0.05, 0) is 37.7 Å². The van der Waals surface area contributed by atoms with Crippen molar-refractivity contribution in [3.8, 4) is 0 Å². The predicted molar refractivity (Wildman–Crippen MR) is 92.9 cm³/mol. The fraction of sp³-hybridized carbons (Fsp3) is 0.588. The summed E-state index contributed by atoms with van der Waals surface area (Å²) < 4.78 is 1.45. The van der Waals surface area contributed by atoms with Gasteiger partial charge in [0, 0.05) is 18.0 Å². The molecule has 0 aliphatic carbocycles. The van der Waals surface area contributed by atoms with E-state index in [0.29, 0.717) is 17.2 Å². The molecule has 1 saturated heterocycles. The number of likely N-dealkylation sites (tertiary alicyclic amines) is 1. The standard InChI is InChI=1S/C17H23N3O2S/c1-10-5-11(2)7-19(6-10)14(21)8-20-9-18-16-15(17(20)22)12(3)13(4)23-16/h9-11H,5-8H2,1-4H3/t10-,11+. The van der Waals surface area contributed by atoms with Crippen molar-refractivity contribution >= 4 is 27.5 Å². The zero-order chi connectivity index (χ0) is 16.7. The van der Waals surface area contributed by atoms with Crippen LogP contribution in [0.15, 0.2) is 11.1 Å². The Bertz CT molecular complexity index is 798. The number of hydrogen-bond donors (Lipinski definition) is 0. The normalized spacial score (nSPS) is 21.8. The predicted octanol–water partition coefficient (Wildman–Crippen LogP) is 2.58. The van der Waals surface area contributed by atoms with Gasteiger partial charge in [-0.1, -0.05) is 13.8 Å². The molecule has 6 heteroatoms. The van der Waals surface area contributed by atoms with Crippen LogP contribution in [0.4, 0.5) is 0 Å². The summed E-state index contributed by atoms with van der Waals surface area (Å²) >= 11 is 1.53. The number of thiophene rings is 1. The van der Waals surface area contributed by atoms with Gasteiger partial charge < -0.3 is 4.90 Å². The van der Waals surface area contributed by atoms with Crippen LogP contribution in [0.5, 0.6) is 0 Å². The Morgan fingerprint density at radius 2 is 1.96 bits per heavy atom. The first kappa shape index (κ1) is 16.2. The summed E-state index contributed by atoms with van der Waals surface area (Å²) in [6, 6.07) is 0. The van der Waals surface area contributed by atoms with Gasteiger partial charge in [0.05, 0.1) is 11.7 Å². The molecule has 2 aromatic heterocycles. The van der Waals surface area contributed by atoms with E-state index in [0.717, 1.165) is 34.8 Å². The minimum absolute atomic E-state index is 0.0104. The fourth-order valence-corrected chi connectivity index (χ4v) is 4.48. The molecule has 1 aliphatic rings. The minimum Gasteiger partial charge on any atom is -0.341 e. The van der Waals surface area contributed by atoms with Crippen molar-refractivity contribution in [2.75, 3.05) is 13.1 Å². The highest BCUT2D eigenvalue weighted by Crippen LogP contribution is 2.25. The third kappa shape index (κ3) is 3.04. The van der Waals surface area contributed by atoms with Gasteiger partial charge in [-0.2, -0.15) is 0 Å². The Hall–Kier alpha value is -1.69. The molecule has 1 aliphatic heterocycles. The van der Waals surface area contributed by atoms with Gasteiger partial charge in [0.25, 0.3) is 5.56 Å². The van der Waals surface area contributed by atoms with Crippen molar-refractivity contribution in [3.63, 3.8) is 0 Å². The van der Waals surface area contributed by atoms with E-state index in [1.54, 1.807) is 0 Å². The highest BCUT2D eigenvalue weighted by atomic mass is 32.1. The van der Waals surface area contributed by atoms with Crippen molar-refractivity contribution in [3.05, 3.63) is 27.1 Å². The maximum Gasteiger partial charge on any atom is 0.262 e. The first-order chi connectivity index (χ1) is 10.9. The summed E-state index contributed by atoms with van der Waals surface area (Å²) in [6.45, 7) is 9.93. The average molecular weight is 333 g/mol. The number of hydrogen-bond acceptors (Lipinski definition) is 4. The van der Waals surface area contributed by atoms with E-state index in [9.17, 15) is 9.59 Å². The molecule has 2 atom stereocenters. The van der Waals surface area contributed by atoms with Gasteiger partial charge in [0.1, 0.15) is 11.4 Å². The summed E-state index contributed by atoms with van der Waals surface area (Å²) in [6.07, 6.45) is 2.67. The molecule has 0 unspecified atom stereocenters. The lowest BCUT2D eigenvalue weighted by Crippen LogP contribution is -2.44. The van der Waals surface area contributed by atoms with E-state index in [-0.39, 0.29) is 18.0 Å². The third-order valence-corrected chi connectivity index (χ3v) is 5.80. The van der Waals surface area contributed by atoms with Gasteiger partial charge in [-0.3, -0.25) is 14.2 Å². The molecular weight excluding hydrogens is 310 g/mol. The topological polar surface area (TPSA) is 55.2 Å². The average Bonchev–Trinajstić information content (AvgIpc) is 2.77. The number of piperidine rings is 1. The summed E-state index contributed by atoms with van der Waals surface area (Å²) in [5.41, 5.74) is 0.868. The molecule has 1 amide bonds. The molecule has 0 radical (unpaired) electrons. The number of rotatable bonds is 2. The molecule has 3 rings (SSSR count). The Morgan fingerprint density at radius 3 is 2.61 bits per heavy atom. The monoisotopic (exact) mass is 333 g/mol. The molecule has 0 N–H and O–H groups in total. The highest BCUT2D eigenvalue weighted by Gasteiger charge is 2.25. The van der Waals surface area contributed by atoms with Crippen LogP contribution in [0.25, 0.3) is 10.2 Å². The van der Waals surface area contributed by atoms with E-state index >= 15 is 0 Å². The number of amides is 1. The second kappa shape index (κ2) is 6.07. The number of aryl methyl sites for hydroxylation is 2. The Labute approximate surface area is 139 Å². The second-order valence-electron chi connectivity index (χ2n) is 6.89. The van der Waals surface area contributed by atoms with E-state index in [1.165, 1.54) is 22.2 Å². The number of carbonyl (C=O) groups excluding carboxylic acids is 1. The summed E-state index contributed by atoms with van der Waals surface area (Å²) in [4.78, 5) is 33.4. The van der Waals surface area contributed by atoms with Crippen LogP contribution in [-0.2, 0) is 11.3 Å². The first-order valence-electron chi connectivity index (χ1n) is 8.09. The highest BCUT2D eigenvalue weighted by molar-refractivity contribution is 7.18. The van der Waals surface area contributed by atoms with E-state index in [2.05, 4.69) is 18.8 Å².